The molecule has 0 aromatic heterocycles. The number of rotatable bonds is 6. The molecule has 0 unspecified atom stereocenters. The molecule has 0 aliphatic heterocycles. The topological polar surface area (TPSA) is 58.6 Å². The number of hydrogen-bond donors (Lipinski definition) is 1. The first-order valence-electron chi connectivity index (χ1n) is 7.57. The van der Waals surface area contributed by atoms with E-state index in [0.717, 1.165) is 0 Å². The van der Waals surface area contributed by atoms with Crippen LogP contribution in [0.5, 0.6) is 5.75 Å². The number of halogens is 2. The van der Waals surface area contributed by atoms with Gasteiger partial charge < -0.3 is 15.0 Å². The van der Waals surface area contributed by atoms with E-state index >= 15 is 0 Å². The Morgan fingerprint density at radius 3 is 2.36 bits per heavy atom. The molecule has 0 heterocycles. The lowest BCUT2D eigenvalue weighted by atomic mass is 10.2. The Hall–Kier alpha value is -2.24. The summed E-state index contributed by atoms with van der Waals surface area (Å²) < 4.78 is 5.10. The van der Waals surface area contributed by atoms with Crippen LogP contribution in [0.3, 0.4) is 0 Å². The molecule has 0 spiro atoms. The Morgan fingerprint density at radius 2 is 1.80 bits per heavy atom. The highest BCUT2D eigenvalue weighted by molar-refractivity contribution is 6.32. The van der Waals surface area contributed by atoms with E-state index in [9.17, 15) is 9.59 Å². The van der Waals surface area contributed by atoms with Crippen LogP contribution in [0.1, 0.15) is 13.3 Å². The second-order valence-corrected chi connectivity index (χ2v) is 6.14. The molecule has 7 heteroatoms. The third kappa shape index (κ3) is 5.37. The summed E-state index contributed by atoms with van der Waals surface area (Å²) in [6, 6.07) is 11.9. The maximum absolute atomic E-state index is 12.1. The van der Waals surface area contributed by atoms with Gasteiger partial charge in [0, 0.05) is 36.3 Å². The second-order valence-electron chi connectivity index (χ2n) is 5.29. The summed E-state index contributed by atoms with van der Waals surface area (Å²) in [5, 5.41) is 3.76. The number of nitrogens with one attached hydrogen (secondary N) is 1. The maximum atomic E-state index is 12.1. The molecule has 2 amide bonds. The highest BCUT2D eigenvalue weighted by atomic mass is 35.5. The first kappa shape index (κ1) is 19.1. The standard InChI is InChI=1S/C18H18Cl2N2O3/c1-12(23)22(15-7-8-17(25-2)16(20)11-15)10-9-18(24)21-14-5-3-13(19)4-6-14/h3-8,11H,9-10H2,1-2H3,(H,21,24). The van der Waals surface area contributed by atoms with Gasteiger partial charge in [0.1, 0.15) is 5.75 Å². The lowest BCUT2D eigenvalue weighted by Gasteiger charge is -2.21. The van der Waals surface area contributed by atoms with E-state index in [2.05, 4.69) is 5.32 Å². The van der Waals surface area contributed by atoms with E-state index in [1.54, 1.807) is 42.5 Å². The summed E-state index contributed by atoms with van der Waals surface area (Å²) in [6.45, 7) is 1.67. The molecular formula is C18H18Cl2N2O3. The number of benzene rings is 2. The van der Waals surface area contributed by atoms with Crippen LogP contribution in [0.25, 0.3) is 0 Å². The summed E-state index contributed by atoms with van der Waals surface area (Å²) >= 11 is 11.9. The van der Waals surface area contributed by atoms with Crippen LogP contribution in [0, 0.1) is 0 Å². The first-order valence-corrected chi connectivity index (χ1v) is 8.33. The monoisotopic (exact) mass is 380 g/mol. The van der Waals surface area contributed by atoms with Gasteiger partial charge in [0.05, 0.1) is 12.1 Å². The van der Waals surface area contributed by atoms with Gasteiger partial charge in [-0.25, -0.2) is 0 Å². The average molecular weight is 381 g/mol. The van der Waals surface area contributed by atoms with Gasteiger partial charge in [-0.2, -0.15) is 0 Å². The number of anilines is 2. The summed E-state index contributed by atoms with van der Waals surface area (Å²) in [4.78, 5) is 25.5. The van der Waals surface area contributed by atoms with Crippen LogP contribution in [-0.4, -0.2) is 25.5 Å². The molecule has 0 aliphatic carbocycles. The maximum Gasteiger partial charge on any atom is 0.226 e. The zero-order chi connectivity index (χ0) is 18.4. The lowest BCUT2D eigenvalue weighted by molar-refractivity contribution is -0.117. The van der Waals surface area contributed by atoms with Gasteiger partial charge in [0.15, 0.2) is 0 Å². The lowest BCUT2D eigenvalue weighted by Crippen LogP contribution is -2.31. The van der Waals surface area contributed by atoms with Gasteiger partial charge in [-0.05, 0) is 42.5 Å². The van der Waals surface area contributed by atoms with Crippen LogP contribution in [-0.2, 0) is 9.59 Å². The van der Waals surface area contributed by atoms with Crippen molar-refractivity contribution in [3.05, 3.63) is 52.5 Å². The molecule has 132 valence electrons. The number of amides is 2. The van der Waals surface area contributed by atoms with Crippen molar-refractivity contribution in [2.75, 3.05) is 23.9 Å². The molecule has 0 aliphatic rings. The van der Waals surface area contributed by atoms with Crippen molar-refractivity contribution in [2.24, 2.45) is 0 Å². The van der Waals surface area contributed by atoms with E-state index < -0.39 is 0 Å². The Balaban J connectivity index is 2.01. The fraction of sp³-hybridized carbons (Fsp3) is 0.222. The Bertz CT molecular complexity index is 763. The first-order chi connectivity index (χ1) is 11.9. The molecule has 0 atom stereocenters. The molecule has 1 N–H and O–H groups in total. The van der Waals surface area contributed by atoms with Gasteiger partial charge in [-0.15, -0.1) is 0 Å². The van der Waals surface area contributed by atoms with Crippen molar-refractivity contribution in [1.29, 1.82) is 0 Å². The Kier molecular flexibility index (Phi) is 6.67. The minimum absolute atomic E-state index is 0.145. The number of methoxy groups -OCH3 is 1. The number of ether oxygens (including phenoxy) is 1. The highest BCUT2D eigenvalue weighted by Gasteiger charge is 2.15. The molecule has 0 radical (unpaired) electrons. The zero-order valence-electron chi connectivity index (χ0n) is 13.9. The SMILES string of the molecule is COc1ccc(N(CCC(=O)Nc2ccc(Cl)cc2)C(C)=O)cc1Cl. The van der Waals surface area contributed by atoms with Crippen LogP contribution < -0.4 is 15.0 Å². The van der Waals surface area contributed by atoms with Crippen molar-refractivity contribution in [3.63, 3.8) is 0 Å². The van der Waals surface area contributed by atoms with Gasteiger partial charge in [-0.3, -0.25) is 9.59 Å². The minimum Gasteiger partial charge on any atom is -0.495 e. The highest BCUT2D eigenvalue weighted by Crippen LogP contribution is 2.29. The molecule has 2 aromatic rings. The molecular weight excluding hydrogens is 363 g/mol. The smallest absolute Gasteiger partial charge is 0.226 e. The van der Waals surface area contributed by atoms with Crippen LogP contribution in [0.4, 0.5) is 11.4 Å². The van der Waals surface area contributed by atoms with E-state index in [4.69, 9.17) is 27.9 Å². The Labute approximate surface area is 156 Å². The summed E-state index contributed by atoms with van der Waals surface area (Å²) in [5.74, 6) is 0.142. The van der Waals surface area contributed by atoms with Crippen LogP contribution >= 0.6 is 23.2 Å². The molecule has 2 aromatic carbocycles. The zero-order valence-corrected chi connectivity index (χ0v) is 15.4. The van der Waals surface area contributed by atoms with E-state index in [-0.39, 0.29) is 24.8 Å². The summed E-state index contributed by atoms with van der Waals surface area (Å²) in [7, 11) is 1.52. The third-order valence-electron chi connectivity index (χ3n) is 3.52. The van der Waals surface area contributed by atoms with Gasteiger partial charge in [-0.1, -0.05) is 23.2 Å². The Morgan fingerprint density at radius 1 is 1.12 bits per heavy atom. The van der Waals surface area contributed by atoms with Gasteiger partial charge in [0.2, 0.25) is 11.8 Å². The second kappa shape index (κ2) is 8.74. The average Bonchev–Trinajstić information content (AvgIpc) is 2.57. The molecule has 0 saturated carbocycles. The third-order valence-corrected chi connectivity index (χ3v) is 4.06. The molecule has 5 nitrogen and oxygen atoms in total. The number of carbonyl (C=O) groups excluding carboxylic acids is 2. The largest absolute Gasteiger partial charge is 0.495 e. The quantitative estimate of drug-likeness (QED) is 0.808. The van der Waals surface area contributed by atoms with E-state index in [1.807, 2.05) is 0 Å². The van der Waals surface area contributed by atoms with E-state index in [0.29, 0.717) is 27.2 Å². The molecule has 2 rings (SSSR count). The number of nitrogens with zero attached hydrogens (tertiary/aromatic N) is 1. The predicted molar refractivity (Wildman–Crippen MR) is 101 cm³/mol. The van der Waals surface area contributed by atoms with Crippen molar-refractivity contribution >= 4 is 46.4 Å². The fourth-order valence-electron chi connectivity index (χ4n) is 2.26. The van der Waals surface area contributed by atoms with Crippen molar-refractivity contribution < 1.29 is 14.3 Å². The van der Waals surface area contributed by atoms with Crippen molar-refractivity contribution in [3.8, 4) is 5.75 Å². The minimum atomic E-state index is -0.201. The number of hydrogen-bond acceptors (Lipinski definition) is 3. The molecule has 0 bridgehead atoms. The van der Waals surface area contributed by atoms with Gasteiger partial charge >= 0.3 is 0 Å². The number of carbonyl (C=O) groups is 2. The normalized spacial score (nSPS) is 10.2. The van der Waals surface area contributed by atoms with Crippen LogP contribution in [0.2, 0.25) is 10.0 Å². The molecule has 0 fully saturated rings. The summed E-state index contributed by atoms with van der Waals surface area (Å²) in [5.41, 5.74) is 1.26. The van der Waals surface area contributed by atoms with Crippen LogP contribution in [0.15, 0.2) is 42.5 Å². The molecule has 25 heavy (non-hydrogen) atoms. The predicted octanol–water partition coefficient (Wildman–Crippen LogP) is 4.38. The van der Waals surface area contributed by atoms with Gasteiger partial charge in [0.25, 0.3) is 0 Å². The fourth-order valence-corrected chi connectivity index (χ4v) is 2.64. The molecule has 0 saturated heterocycles. The van der Waals surface area contributed by atoms with E-state index in [1.165, 1.54) is 18.9 Å². The van der Waals surface area contributed by atoms with Crippen molar-refractivity contribution in [2.45, 2.75) is 13.3 Å². The van der Waals surface area contributed by atoms with Crippen molar-refractivity contribution in [1.82, 2.24) is 0 Å². The summed E-state index contributed by atoms with van der Waals surface area (Å²) in [6.07, 6.45) is 0.145.